The summed E-state index contributed by atoms with van der Waals surface area (Å²) in [5, 5.41) is 6.38. The molecule has 0 unspecified atom stereocenters. The van der Waals surface area contributed by atoms with Crippen LogP contribution in [-0.2, 0) is 13.1 Å². The molecule has 22 heavy (non-hydrogen) atoms. The van der Waals surface area contributed by atoms with Gasteiger partial charge in [-0.15, -0.1) is 11.3 Å². The Balaban J connectivity index is 1.66. The minimum absolute atomic E-state index is 0.245. The van der Waals surface area contributed by atoms with Gasteiger partial charge >= 0.3 is 0 Å². The van der Waals surface area contributed by atoms with Crippen LogP contribution in [0.4, 0.5) is 4.39 Å². The maximum atomic E-state index is 14.3. The second kappa shape index (κ2) is 6.37. The third-order valence-corrected chi connectivity index (χ3v) is 4.22. The fraction of sp³-hybridized carbons (Fsp3) is 0.250. The first-order chi connectivity index (χ1) is 10.6. The Morgan fingerprint density at radius 3 is 2.77 bits per heavy atom. The van der Waals surface area contributed by atoms with Gasteiger partial charge in [0.2, 0.25) is 0 Å². The molecule has 0 aliphatic rings. The van der Waals surface area contributed by atoms with Gasteiger partial charge in [-0.2, -0.15) is 0 Å². The molecule has 0 atom stereocenters. The first-order valence-corrected chi connectivity index (χ1v) is 7.92. The van der Waals surface area contributed by atoms with Gasteiger partial charge in [0.05, 0.1) is 16.4 Å². The van der Waals surface area contributed by atoms with Gasteiger partial charge in [-0.25, -0.2) is 14.4 Å². The lowest BCUT2D eigenvalue weighted by atomic mass is 10.2. The molecule has 2 heterocycles. The summed E-state index contributed by atoms with van der Waals surface area (Å²) in [5.74, 6) is 0.522. The average molecular weight is 316 g/mol. The van der Waals surface area contributed by atoms with E-state index in [2.05, 4.69) is 15.3 Å². The van der Waals surface area contributed by atoms with Crippen molar-refractivity contribution in [3.8, 4) is 5.69 Å². The predicted molar refractivity (Wildman–Crippen MR) is 85.7 cm³/mol. The van der Waals surface area contributed by atoms with E-state index in [1.54, 1.807) is 40.4 Å². The van der Waals surface area contributed by atoms with Crippen molar-refractivity contribution in [1.82, 2.24) is 19.9 Å². The van der Waals surface area contributed by atoms with Crippen LogP contribution < -0.4 is 5.32 Å². The minimum atomic E-state index is -0.245. The highest BCUT2D eigenvalue weighted by Gasteiger charge is 2.08. The molecule has 0 fully saturated rings. The number of benzene rings is 1. The molecule has 3 aromatic rings. The normalized spacial score (nSPS) is 11.0. The van der Waals surface area contributed by atoms with Gasteiger partial charge in [-0.3, -0.25) is 0 Å². The standard InChI is InChI=1S/C16H17FN4S/c1-11-19-5-6-21(11)16-4-3-13(7-15(16)17)8-18-9-14-10-22-12(2)20-14/h3-7,10,18H,8-9H2,1-2H3. The number of halogens is 1. The molecule has 0 saturated heterocycles. The molecule has 0 aliphatic heterocycles. The van der Waals surface area contributed by atoms with E-state index in [1.807, 2.05) is 25.3 Å². The molecule has 2 aromatic heterocycles. The summed E-state index contributed by atoms with van der Waals surface area (Å²) in [6.45, 7) is 5.14. The summed E-state index contributed by atoms with van der Waals surface area (Å²) in [4.78, 5) is 8.51. The number of aromatic nitrogens is 3. The smallest absolute Gasteiger partial charge is 0.147 e. The van der Waals surface area contributed by atoms with E-state index >= 15 is 0 Å². The number of aryl methyl sites for hydroxylation is 2. The van der Waals surface area contributed by atoms with Crippen LogP contribution >= 0.6 is 11.3 Å². The van der Waals surface area contributed by atoms with E-state index in [4.69, 9.17) is 0 Å². The molecule has 0 amide bonds. The topological polar surface area (TPSA) is 42.7 Å². The van der Waals surface area contributed by atoms with Crippen LogP contribution in [0.1, 0.15) is 22.1 Å². The second-order valence-electron chi connectivity index (χ2n) is 5.09. The van der Waals surface area contributed by atoms with Gasteiger partial charge in [0.25, 0.3) is 0 Å². The lowest BCUT2D eigenvalue weighted by Gasteiger charge is -2.09. The van der Waals surface area contributed by atoms with Gasteiger partial charge in [0, 0.05) is 30.9 Å². The van der Waals surface area contributed by atoms with Gasteiger partial charge in [0.15, 0.2) is 0 Å². The van der Waals surface area contributed by atoms with Gasteiger partial charge in [0.1, 0.15) is 11.6 Å². The Kier molecular flexibility index (Phi) is 4.31. The first kappa shape index (κ1) is 14.9. The van der Waals surface area contributed by atoms with Gasteiger partial charge in [-0.05, 0) is 31.5 Å². The summed E-state index contributed by atoms with van der Waals surface area (Å²) in [6, 6.07) is 5.28. The van der Waals surface area contributed by atoms with Crippen LogP contribution in [0.5, 0.6) is 0 Å². The van der Waals surface area contributed by atoms with Crippen molar-refractivity contribution in [2.75, 3.05) is 0 Å². The van der Waals surface area contributed by atoms with Gasteiger partial charge in [-0.1, -0.05) is 6.07 Å². The van der Waals surface area contributed by atoms with Crippen molar-refractivity contribution in [2.45, 2.75) is 26.9 Å². The molecule has 0 saturated carbocycles. The zero-order valence-electron chi connectivity index (χ0n) is 12.5. The Morgan fingerprint density at radius 2 is 2.14 bits per heavy atom. The average Bonchev–Trinajstić information content (AvgIpc) is 3.08. The number of nitrogens with zero attached hydrogens (tertiary/aromatic N) is 3. The first-order valence-electron chi connectivity index (χ1n) is 7.04. The molecule has 3 rings (SSSR count). The summed E-state index contributed by atoms with van der Waals surface area (Å²) in [6.07, 6.45) is 3.43. The molecule has 1 aromatic carbocycles. The number of nitrogens with one attached hydrogen (secondary N) is 1. The Hall–Kier alpha value is -2.05. The zero-order valence-corrected chi connectivity index (χ0v) is 13.3. The fourth-order valence-electron chi connectivity index (χ4n) is 2.31. The van der Waals surface area contributed by atoms with Crippen molar-refractivity contribution in [2.24, 2.45) is 0 Å². The third kappa shape index (κ3) is 3.23. The largest absolute Gasteiger partial charge is 0.307 e. The number of hydrogen-bond acceptors (Lipinski definition) is 4. The highest BCUT2D eigenvalue weighted by Crippen LogP contribution is 2.17. The van der Waals surface area contributed by atoms with Crippen molar-refractivity contribution >= 4 is 11.3 Å². The Bertz CT molecular complexity index is 778. The van der Waals surface area contributed by atoms with Crippen LogP contribution in [0.25, 0.3) is 5.69 Å². The highest BCUT2D eigenvalue weighted by molar-refractivity contribution is 7.09. The van der Waals surface area contributed by atoms with Crippen LogP contribution in [0, 0.1) is 19.7 Å². The van der Waals surface area contributed by atoms with E-state index in [-0.39, 0.29) is 5.82 Å². The SMILES string of the molecule is Cc1nc(CNCc2ccc(-n3ccnc3C)c(F)c2)cs1. The van der Waals surface area contributed by atoms with Crippen molar-refractivity contribution in [1.29, 1.82) is 0 Å². The summed E-state index contributed by atoms with van der Waals surface area (Å²) >= 11 is 1.64. The molecule has 1 N–H and O–H groups in total. The van der Waals surface area contributed by atoms with Gasteiger partial charge < -0.3 is 9.88 Å². The molecule has 0 aliphatic carbocycles. The summed E-state index contributed by atoms with van der Waals surface area (Å²) < 4.78 is 16.0. The van der Waals surface area contributed by atoms with E-state index < -0.39 is 0 Å². The number of imidazole rings is 1. The summed E-state index contributed by atoms with van der Waals surface area (Å²) in [5.41, 5.74) is 2.45. The molecule has 0 bridgehead atoms. The summed E-state index contributed by atoms with van der Waals surface area (Å²) in [7, 11) is 0. The molecule has 6 heteroatoms. The molecular formula is C16H17FN4S. The number of hydrogen-bond donors (Lipinski definition) is 1. The fourth-order valence-corrected chi connectivity index (χ4v) is 2.93. The quantitative estimate of drug-likeness (QED) is 0.785. The molecule has 0 radical (unpaired) electrons. The van der Waals surface area contributed by atoms with Crippen molar-refractivity contribution < 1.29 is 4.39 Å². The molecule has 114 valence electrons. The van der Waals surface area contributed by atoms with Crippen molar-refractivity contribution in [3.63, 3.8) is 0 Å². The molecular weight excluding hydrogens is 299 g/mol. The zero-order chi connectivity index (χ0) is 15.5. The Labute approximate surface area is 132 Å². The van der Waals surface area contributed by atoms with E-state index in [9.17, 15) is 4.39 Å². The lowest BCUT2D eigenvalue weighted by Crippen LogP contribution is -2.13. The monoisotopic (exact) mass is 316 g/mol. The van der Waals surface area contributed by atoms with E-state index in [0.29, 0.717) is 18.8 Å². The molecule has 0 spiro atoms. The molecule has 4 nitrogen and oxygen atoms in total. The van der Waals surface area contributed by atoms with Crippen molar-refractivity contribution in [3.05, 3.63) is 63.9 Å². The Morgan fingerprint density at radius 1 is 1.27 bits per heavy atom. The highest BCUT2D eigenvalue weighted by atomic mass is 32.1. The number of thiazole rings is 1. The van der Waals surface area contributed by atoms with Crippen LogP contribution in [-0.4, -0.2) is 14.5 Å². The lowest BCUT2D eigenvalue weighted by molar-refractivity contribution is 0.609. The van der Waals surface area contributed by atoms with Crippen LogP contribution in [0.3, 0.4) is 0 Å². The maximum Gasteiger partial charge on any atom is 0.147 e. The predicted octanol–water partition coefficient (Wildman–Crippen LogP) is 3.37. The van der Waals surface area contributed by atoms with E-state index in [0.717, 1.165) is 22.1 Å². The number of rotatable bonds is 5. The maximum absolute atomic E-state index is 14.3. The second-order valence-corrected chi connectivity index (χ2v) is 6.15. The van der Waals surface area contributed by atoms with Crippen LogP contribution in [0.2, 0.25) is 0 Å². The minimum Gasteiger partial charge on any atom is -0.307 e. The third-order valence-electron chi connectivity index (χ3n) is 3.40. The van der Waals surface area contributed by atoms with E-state index in [1.165, 1.54) is 0 Å². The van der Waals surface area contributed by atoms with Crippen LogP contribution in [0.15, 0.2) is 36.0 Å².